The average molecular weight is 883 g/mol. The minimum atomic E-state index is -1.08. The monoisotopic (exact) mass is 882 g/mol. The Balaban J connectivity index is 1.03. The molecule has 2 aliphatic rings. The number of amides is 4. The number of carbonyl (C=O) groups is 7. The van der Waals surface area contributed by atoms with Gasteiger partial charge in [0.1, 0.15) is 17.4 Å². The SMILES string of the molecule is COc1ccc(C(CC(=O)O)NC(=O)CN2CCC(CN(CCCCCNC(=O)CCCC(=O)Nc3ccc(CCC(=O)CC(C)=O)cc3)Cc3ccc4c(n3)NCCC4)C2=O)cn1. The van der Waals surface area contributed by atoms with Crippen LogP contribution in [0.25, 0.3) is 0 Å². The molecule has 64 heavy (non-hydrogen) atoms. The molecule has 0 spiro atoms. The van der Waals surface area contributed by atoms with E-state index in [4.69, 9.17) is 9.72 Å². The van der Waals surface area contributed by atoms with Crippen LogP contribution in [0.3, 0.4) is 0 Å². The molecule has 5 rings (SSSR count). The fourth-order valence-corrected chi connectivity index (χ4v) is 7.91. The molecule has 2 unspecified atom stereocenters. The number of hydrogen-bond donors (Lipinski definition) is 5. The van der Waals surface area contributed by atoms with Crippen LogP contribution in [0.2, 0.25) is 0 Å². The van der Waals surface area contributed by atoms with Gasteiger partial charge in [0.2, 0.25) is 29.5 Å². The number of ketones is 2. The molecule has 5 N–H and O–H groups in total. The number of likely N-dealkylation sites (tertiary alicyclic amines) is 1. The third-order valence-corrected chi connectivity index (χ3v) is 11.3. The Morgan fingerprint density at radius 1 is 0.953 bits per heavy atom. The van der Waals surface area contributed by atoms with Gasteiger partial charge >= 0.3 is 5.97 Å². The van der Waals surface area contributed by atoms with E-state index in [-0.39, 0.29) is 67.4 Å². The highest BCUT2D eigenvalue weighted by molar-refractivity contribution is 5.98. The molecule has 0 bridgehead atoms. The number of fused-ring (bicyclic) bond motifs is 1. The first-order valence-electron chi connectivity index (χ1n) is 22.3. The van der Waals surface area contributed by atoms with Gasteiger partial charge in [-0.15, -0.1) is 0 Å². The van der Waals surface area contributed by atoms with Crippen LogP contribution < -0.4 is 26.0 Å². The minimum Gasteiger partial charge on any atom is -0.481 e. The Labute approximate surface area is 374 Å². The molecule has 2 aliphatic heterocycles. The number of unbranched alkanes of at least 4 members (excludes halogenated alkanes) is 2. The number of methoxy groups -OCH3 is 1. The van der Waals surface area contributed by atoms with Crippen LogP contribution in [0.15, 0.2) is 54.7 Å². The number of carboxylic acids is 1. The van der Waals surface area contributed by atoms with E-state index in [1.165, 1.54) is 30.7 Å². The zero-order chi connectivity index (χ0) is 45.8. The second-order valence-electron chi connectivity index (χ2n) is 16.6. The summed E-state index contributed by atoms with van der Waals surface area (Å²) < 4.78 is 5.09. The Bertz CT molecular complexity index is 2080. The third kappa shape index (κ3) is 16.5. The smallest absolute Gasteiger partial charge is 0.305 e. The number of ether oxygens (including phenoxy) is 1. The van der Waals surface area contributed by atoms with Crippen LogP contribution in [0.5, 0.6) is 5.88 Å². The van der Waals surface area contributed by atoms with E-state index in [0.29, 0.717) is 75.5 Å². The summed E-state index contributed by atoms with van der Waals surface area (Å²) in [5.41, 5.74) is 4.18. The number of nitrogens with one attached hydrogen (secondary N) is 4. The highest BCUT2D eigenvalue weighted by Gasteiger charge is 2.34. The summed E-state index contributed by atoms with van der Waals surface area (Å²) in [6, 6.07) is 13.8. The molecular weight excluding hydrogens is 821 g/mol. The Kier molecular flexibility index (Phi) is 19.2. The number of aliphatic carboxylic acids is 1. The molecule has 2 atom stereocenters. The highest BCUT2D eigenvalue weighted by Crippen LogP contribution is 2.24. The molecule has 2 aromatic heterocycles. The van der Waals surface area contributed by atoms with E-state index in [9.17, 15) is 38.7 Å². The quantitative estimate of drug-likeness (QED) is 0.0529. The van der Waals surface area contributed by atoms with Gasteiger partial charge in [-0.2, -0.15) is 0 Å². The molecule has 344 valence electrons. The second kappa shape index (κ2) is 25.2. The predicted molar refractivity (Wildman–Crippen MR) is 239 cm³/mol. The van der Waals surface area contributed by atoms with Crippen LogP contribution in [0.4, 0.5) is 11.5 Å². The first kappa shape index (κ1) is 48.8. The maximum atomic E-state index is 13.7. The number of anilines is 2. The van der Waals surface area contributed by atoms with Crippen molar-refractivity contribution >= 4 is 52.7 Å². The number of carbonyl (C=O) groups excluding carboxylic acids is 6. The molecule has 0 aliphatic carbocycles. The summed E-state index contributed by atoms with van der Waals surface area (Å²) in [6.07, 6.45) is 7.79. The summed E-state index contributed by atoms with van der Waals surface area (Å²) >= 11 is 0. The molecule has 1 aromatic carbocycles. The number of hydrogen-bond acceptors (Lipinski definition) is 12. The summed E-state index contributed by atoms with van der Waals surface area (Å²) in [4.78, 5) is 99.2. The lowest BCUT2D eigenvalue weighted by molar-refractivity contribution is -0.139. The minimum absolute atomic E-state index is 0.0488. The van der Waals surface area contributed by atoms with E-state index >= 15 is 0 Å². The van der Waals surface area contributed by atoms with Gasteiger partial charge in [0.15, 0.2) is 0 Å². The number of aryl methyl sites for hydroxylation is 2. The molecule has 1 saturated heterocycles. The first-order valence-corrected chi connectivity index (χ1v) is 22.3. The van der Waals surface area contributed by atoms with Gasteiger partial charge in [-0.05, 0) is 93.3 Å². The fraction of sp³-hybridized carbons (Fsp3) is 0.511. The van der Waals surface area contributed by atoms with E-state index < -0.39 is 17.9 Å². The lowest BCUT2D eigenvalue weighted by Crippen LogP contribution is -2.41. The van der Waals surface area contributed by atoms with Crippen molar-refractivity contribution in [1.82, 2.24) is 30.4 Å². The van der Waals surface area contributed by atoms with Crippen LogP contribution in [0, 0.1) is 5.92 Å². The highest BCUT2D eigenvalue weighted by atomic mass is 16.5. The molecular formula is C47H62N8O9. The summed E-state index contributed by atoms with van der Waals surface area (Å²) in [5.74, 6) is -1.25. The van der Waals surface area contributed by atoms with Crippen LogP contribution in [0.1, 0.15) is 106 Å². The Hall–Kier alpha value is -6.23. The second-order valence-corrected chi connectivity index (χ2v) is 16.6. The van der Waals surface area contributed by atoms with Gasteiger partial charge in [-0.1, -0.05) is 30.7 Å². The molecule has 17 nitrogen and oxygen atoms in total. The van der Waals surface area contributed by atoms with E-state index in [0.717, 1.165) is 55.7 Å². The normalized spacial score (nSPS) is 14.9. The lowest BCUT2D eigenvalue weighted by atomic mass is 10.0. The Morgan fingerprint density at radius 2 is 1.75 bits per heavy atom. The molecule has 1 fully saturated rings. The van der Waals surface area contributed by atoms with Crippen molar-refractivity contribution in [2.45, 2.75) is 103 Å². The van der Waals surface area contributed by atoms with Crippen molar-refractivity contribution in [2.75, 3.05) is 57.0 Å². The van der Waals surface area contributed by atoms with E-state index in [1.807, 2.05) is 18.2 Å². The predicted octanol–water partition coefficient (Wildman–Crippen LogP) is 4.40. The lowest BCUT2D eigenvalue weighted by Gasteiger charge is -2.26. The van der Waals surface area contributed by atoms with Crippen molar-refractivity contribution in [3.8, 4) is 5.88 Å². The van der Waals surface area contributed by atoms with Gasteiger partial charge in [0, 0.05) is 69.9 Å². The van der Waals surface area contributed by atoms with Crippen molar-refractivity contribution < 1.29 is 43.4 Å². The molecule has 4 amide bonds. The van der Waals surface area contributed by atoms with Gasteiger partial charge < -0.3 is 36.0 Å². The molecule has 0 saturated carbocycles. The fourth-order valence-electron chi connectivity index (χ4n) is 7.91. The first-order chi connectivity index (χ1) is 30.8. The van der Waals surface area contributed by atoms with Crippen molar-refractivity contribution in [1.29, 1.82) is 0 Å². The molecule has 0 radical (unpaired) electrons. The maximum absolute atomic E-state index is 13.7. The number of Topliss-reactive ketones (excluding diaryl/α,β-unsaturated/α-hetero) is 2. The Morgan fingerprint density at radius 3 is 2.48 bits per heavy atom. The van der Waals surface area contributed by atoms with Gasteiger partial charge in [0.25, 0.3) is 0 Å². The van der Waals surface area contributed by atoms with Crippen molar-refractivity contribution in [3.05, 3.63) is 77.1 Å². The van der Waals surface area contributed by atoms with Gasteiger partial charge in [-0.25, -0.2) is 9.97 Å². The zero-order valence-corrected chi connectivity index (χ0v) is 37.0. The molecule has 3 aromatic rings. The van der Waals surface area contributed by atoms with E-state index in [1.54, 1.807) is 24.3 Å². The van der Waals surface area contributed by atoms with Crippen LogP contribution in [-0.2, 0) is 52.9 Å². The van der Waals surface area contributed by atoms with Crippen molar-refractivity contribution in [2.24, 2.45) is 5.92 Å². The van der Waals surface area contributed by atoms with E-state index in [2.05, 4.69) is 37.2 Å². The largest absolute Gasteiger partial charge is 0.481 e. The number of nitrogens with zero attached hydrogens (tertiary/aromatic N) is 4. The van der Waals surface area contributed by atoms with Crippen LogP contribution >= 0.6 is 0 Å². The number of pyridine rings is 2. The number of carboxylic acid groups (broad SMARTS) is 1. The van der Waals surface area contributed by atoms with Crippen molar-refractivity contribution in [3.63, 3.8) is 0 Å². The molecule has 4 heterocycles. The number of rotatable bonds is 27. The number of aromatic nitrogens is 2. The van der Waals surface area contributed by atoms with Gasteiger partial charge in [-0.3, -0.25) is 38.5 Å². The standard InChI is InChI=1S/C47H62N8O9/c1-32(56)26-39(57)19-13-33-11-16-37(17-12-33)51-42(59)10-6-9-41(58)48-22-4-3-5-24-54(30-38-18-14-34-8-7-23-49-46(34)52-38)29-36-21-25-55(47(36)63)31-43(60)53-40(27-45(61)62)35-15-20-44(64-2)50-28-35/h11-12,14-18,20,28,36,40H,3-10,13,19,21-27,29-31H2,1-2H3,(H,48,58)(H,49,52)(H,51,59)(H,53,60)(H,61,62). The summed E-state index contributed by atoms with van der Waals surface area (Å²) in [7, 11) is 1.47. The summed E-state index contributed by atoms with van der Waals surface area (Å²) in [5, 5.41) is 21.5. The average Bonchev–Trinajstić information content (AvgIpc) is 3.60. The maximum Gasteiger partial charge on any atom is 0.305 e. The summed E-state index contributed by atoms with van der Waals surface area (Å²) in [6.45, 7) is 4.76. The number of benzene rings is 1. The van der Waals surface area contributed by atoms with Gasteiger partial charge in [0.05, 0.1) is 44.1 Å². The third-order valence-electron chi connectivity index (χ3n) is 11.3. The topological polar surface area (TPSA) is 229 Å². The zero-order valence-electron chi connectivity index (χ0n) is 37.0. The van der Waals surface area contributed by atoms with Crippen LogP contribution in [-0.4, -0.2) is 112 Å². The molecule has 17 heteroatoms.